The number of nitrogens with zero attached hydrogens (tertiary/aromatic N) is 2. The first-order valence-electron chi connectivity index (χ1n) is 6.57. The third kappa shape index (κ3) is 4.07. The van der Waals surface area contributed by atoms with E-state index in [1.54, 1.807) is 0 Å². The molecule has 1 aliphatic carbocycles. The molecule has 5 nitrogen and oxygen atoms in total. The zero-order valence-corrected chi connectivity index (χ0v) is 12.9. The first kappa shape index (κ1) is 14.6. The fraction of sp³-hybridized carbons (Fsp3) is 0.750. The van der Waals surface area contributed by atoms with Gasteiger partial charge in [0, 0.05) is 6.04 Å². The average Bonchev–Trinajstić information content (AvgIpc) is 2.78. The monoisotopic (exact) mass is 300 g/mol. The molecule has 1 saturated carbocycles. The molecule has 19 heavy (non-hydrogen) atoms. The molecule has 2 rings (SSSR count). The van der Waals surface area contributed by atoms with Crippen molar-refractivity contribution in [2.45, 2.75) is 43.5 Å². The Bertz CT molecular complexity index is 437. The number of rotatable bonds is 4. The molecular formula is C12H20N4OS2. The molecule has 0 aromatic carbocycles. The second-order valence-corrected chi connectivity index (χ2v) is 7.37. The van der Waals surface area contributed by atoms with Crippen molar-refractivity contribution in [3.63, 3.8) is 0 Å². The maximum absolute atomic E-state index is 11.9. The van der Waals surface area contributed by atoms with Gasteiger partial charge in [0.15, 0.2) is 4.34 Å². The van der Waals surface area contributed by atoms with E-state index in [0.717, 1.165) is 10.8 Å². The van der Waals surface area contributed by atoms with Crippen molar-refractivity contribution < 1.29 is 4.79 Å². The molecule has 0 unspecified atom stereocenters. The van der Waals surface area contributed by atoms with E-state index in [1.807, 2.05) is 0 Å². The van der Waals surface area contributed by atoms with E-state index in [-0.39, 0.29) is 5.91 Å². The fourth-order valence-electron chi connectivity index (χ4n) is 2.44. The van der Waals surface area contributed by atoms with Crippen LogP contribution < -0.4 is 11.1 Å². The number of carbonyl (C=O) groups excluding carboxylic acids is 1. The molecule has 0 aliphatic heterocycles. The number of nitrogens with one attached hydrogen (secondary N) is 1. The van der Waals surface area contributed by atoms with Gasteiger partial charge in [0.05, 0.1) is 5.75 Å². The topological polar surface area (TPSA) is 80.9 Å². The van der Waals surface area contributed by atoms with Gasteiger partial charge in [-0.3, -0.25) is 4.79 Å². The molecule has 0 radical (unpaired) electrons. The molecule has 1 aromatic heterocycles. The molecule has 1 aliphatic rings. The highest BCUT2D eigenvalue weighted by Crippen LogP contribution is 2.29. The van der Waals surface area contributed by atoms with Crippen molar-refractivity contribution in [2.24, 2.45) is 11.8 Å². The Hall–Kier alpha value is -0.820. The number of hydrogen-bond acceptors (Lipinski definition) is 6. The second-order valence-electron chi connectivity index (χ2n) is 5.14. The van der Waals surface area contributed by atoms with E-state index in [2.05, 4.69) is 29.4 Å². The summed E-state index contributed by atoms with van der Waals surface area (Å²) in [4.78, 5) is 11.9. The molecule has 0 spiro atoms. The summed E-state index contributed by atoms with van der Waals surface area (Å²) >= 11 is 2.71. The van der Waals surface area contributed by atoms with Crippen LogP contribution in [0.2, 0.25) is 0 Å². The molecule has 0 saturated heterocycles. The third-order valence-electron chi connectivity index (χ3n) is 3.80. The van der Waals surface area contributed by atoms with Gasteiger partial charge >= 0.3 is 0 Å². The van der Waals surface area contributed by atoms with Gasteiger partial charge < -0.3 is 11.1 Å². The molecule has 106 valence electrons. The second kappa shape index (κ2) is 6.56. The van der Waals surface area contributed by atoms with Crippen LogP contribution in [0.3, 0.4) is 0 Å². The molecule has 7 heteroatoms. The lowest BCUT2D eigenvalue weighted by molar-refractivity contribution is -0.119. The first-order valence-corrected chi connectivity index (χ1v) is 8.37. The van der Waals surface area contributed by atoms with Crippen molar-refractivity contribution in [3.05, 3.63) is 0 Å². The third-order valence-corrected chi connectivity index (χ3v) is 5.69. The summed E-state index contributed by atoms with van der Waals surface area (Å²) in [5.74, 6) is 1.70. The van der Waals surface area contributed by atoms with Crippen LogP contribution in [0.4, 0.5) is 5.13 Å². The Labute approximate surface area is 121 Å². The van der Waals surface area contributed by atoms with Crippen LogP contribution in [0.15, 0.2) is 4.34 Å². The van der Waals surface area contributed by atoms with Crippen LogP contribution >= 0.6 is 23.1 Å². The highest BCUT2D eigenvalue weighted by Gasteiger charge is 2.28. The first-order chi connectivity index (χ1) is 9.06. The van der Waals surface area contributed by atoms with Crippen molar-refractivity contribution in [1.29, 1.82) is 0 Å². The van der Waals surface area contributed by atoms with Crippen LogP contribution in [0.1, 0.15) is 33.1 Å². The Morgan fingerprint density at radius 2 is 2.26 bits per heavy atom. The molecule has 3 N–H and O–H groups in total. The Morgan fingerprint density at radius 1 is 1.47 bits per heavy atom. The molecular weight excluding hydrogens is 280 g/mol. The van der Waals surface area contributed by atoms with E-state index in [9.17, 15) is 4.79 Å². The normalized spacial score (nSPS) is 27.2. The Morgan fingerprint density at radius 3 is 2.95 bits per heavy atom. The molecule has 1 amide bonds. The number of nitrogens with two attached hydrogens (primary N) is 1. The standard InChI is InChI=1S/C12H20N4OS2/c1-7-4-3-5-9(8(7)2)14-10(17)6-18-12-16-15-11(13)19-12/h7-9H,3-6H2,1-2H3,(H2,13,15)(H,14,17)/t7-,8+,9-/m1/s1. The lowest BCUT2D eigenvalue weighted by Crippen LogP contribution is -2.44. The summed E-state index contributed by atoms with van der Waals surface area (Å²) in [6, 6.07) is 0.316. The van der Waals surface area contributed by atoms with Crippen LogP contribution in [0.25, 0.3) is 0 Å². The zero-order valence-electron chi connectivity index (χ0n) is 11.3. The molecule has 3 atom stereocenters. The summed E-state index contributed by atoms with van der Waals surface area (Å²) in [5, 5.41) is 11.2. The summed E-state index contributed by atoms with van der Waals surface area (Å²) < 4.78 is 0.748. The van der Waals surface area contributed by atoms with Crippen LogP contribution in [-0.2, 0) is 4.79 Å². The molecule has 1 aromatic rings. The van der Waals surface area contributed by atoms with E-state index < -0.39 is 0 Å². The lowest BCUT2D eigenvalue weighted by atomic mass is 9.78. The van der Waals surface area contributed by atoms with Crippen molar-refractivity contribution in [2.75, 3.05) is 11.5 Å². The number of thioether (sulfide) groups is 1. The van der Waals surface area contributed by atoms with Crippen molar-refractivity contribution in [3.8, 4) is 0 Å². The number of nitrogen functional groups attached to an aromatic ring is 1. The minimum absolute atomic E-state index is 0.0738. The highest BCUT2D eigenvalue weighted by atomic mass is 32.2. The number of aromatic nitrogens is 2. The lowest BCUT2D eigenvalue weighted by Gasteiger charge is -2.34. The van der Waals surface area contributed by atoms with E-state index in [0.29, 0.717) is 28.8 Å². The summed E-state index contributed by atoms with van der Waals surface area (Å²) in [7, 11) is 0. The van der Waals surface area contributed by atoms with E-state index >= 15 is 0 Å². The Balaban J connectivity index is 1.77. The van der Waals surface area contributed by atoms with Gasteiger partial charge in [-0.05, 0) is 18.3 Å². The average molecular weight is 300 g/mol. The number of amides is 1. The molecule has 1 heterocycles. The summed E-state index contributed by atoms with van der Waals surface area (Å²) in [6.07, 6.45) is 3.57. The maximum Gasteiger partial charge on any atom is 0.230 e. The number of anilines is 1. The Kier molecular flexibility index (Phi) is 5.04. The van der Waals surface area contributed by atoms with Crippen LogP contribution in [0.5, 0.6) is 0 Å². The minimum Gasteiger partial charge on any atom is -0.374 e. The quantitative estimate of drug-likeness (QED) is 0.833. The summed E-state index contributed by atoms with van der Waals surface area (Å²) in [5.41, 5.74) is 5.50. The highest BCUT2D eigenvalue weighted by molar-refractivity contribution is 8.01. The SMILES string of the molecule is C[C@H]1[C@H](C)CCC[C@H]1NC(=O)CSc1nnc(N)s1. The zero-order chi connectivity index (χ0) is 13.8. The van der Waals surface area contributed by atoms with Gasteiger partial charge in [0.25, 0.3) is 0 Å². The smallest absolute Gasteiger partial charge is 0.230 e. The minimum atomic E-state index is 0.0738. The van der Waals surface area contributed by atoms with Gasteiger partial charge in [0.1, 0.15) is 0 Å². The van der Waals surface area contributed by atoms with Gasteiger partial charge in [-0.2, -0.15) is 0 Å². The van der Waals surface area contributed by atoms with Crippen molar-refractivity contribution >= 4 is 34.1 Å². The van der Waals surface area contributed by atoms with Gasteiger partial charge in [0.2, 0.25) is 11.0 Å². The molecule has 0 bridgehead atoms. The largest absolute Gasteiger partial charge is 0.374 e. The van der Waals surface area contributed by atoms with Gasteiger partial charge in [-0.1, -0.05) is 49.8 Å². The number of carbonyl (C=O) groups is 1. The van der Waals surface area contributed by atoms with Crippen LogP contribution in [-0.4, -0.2) is 27.9 Å². The predicted molar refractivity (Wildman–Crippen MR) is 79.2 cm³/mol. The van der Waals surface area contributed by atoms with Crippen LogP contribution in [0, 0.1) is 11.8 Å². The molecule has 1 fully saturated rings. The predicted octanol–water partition coefficient (Wildman–Crippen LogP) is 2.15. The summed E-state index contributed by atoms with van der Waals surface area (Å²) in [6.45, 7) is 4.50. The fourth-order valence-corrected chi connectivity index (χ4v) is 3.89. The van der Waals surface area contributed by atoms with Gasteiger partial charge in [-0.15, -0.1) is 10.2 Å². The number of hydrogen-bond donors (Lipinski definition) is 2. The maximum atomic E-state index is 11.9. The van der Waals surface area contributed by atoms with E-state index in [4.69, 9.17) is 5.73 Å². The van der Waals surface area contributed by atoms with E-state index in [1.165, 1.54) is 35.9 Å². The van der Waals surface area contributed by atoms with Gasteiger partial charge in [-0.25, -0.2) is 0 Å². The van der Waals surface area contributed by atoms with Crippen molar-refractivity contribution in [1.82, 2.24) is 15.5 Å².